The van der Waals surface area contributed by atoms with Gasteiger partial charge in [-0.25, -0.2) is 14.9 Å². The first-order valence-electron chi connectivity index (χ1n) is 14.4. The molecule has 0 radical (unpaired) electrons. The average molecular weight is 563 g/mol. The van der Waals surface area contributed by atoms with Gasteiger partial charge in [-0.1, -0.05) is 46.6 Å². The number of aliphatic carboxylic acids is 1. The highest BCUT2D eigenvalue weighted by Crippen LogP contribution is 2.23. The number of aliphatic imine (C=N–C) groups is 1. The number of unbranched alkanes of at least 4 members (excludes halogenated alkanes) is 1. The number of aliphatic hydroxyl groups is 1. The number of piperidine rings is 1. The number of carbonyl (C=O) groups is 3. The Morgan fingerprint density at radius 1 is 1.27 bits per heavy atom. The van der Waals surface area contributed by atoms with Gasteiger partial charge in [-0.15, -0.1) is 12.3 Å². The largest absolute Gasteiger partial charge is 0.477 e. The third-order valence-electron chi connectivity index (χ3n) is 7.57. The fraction of sp³-hybridized carbons (Fsp3) is 0.733. The van der Waals surface area contributed by atoms with Crippen molar-refractivity contribution in [3.8, 4) is 12.3 Å². The zero-order valence-corrected chi connectivity index (χ0v) is 25.4. The lowest BCUT2D eigenvalue weighted by atomic mass is 9.92. The Kier molecular flexibility index (Phi) is 15.7. The molecule has 10 heteroatoms. The van der Waals surface area contributed by atoms with Gasteiger partial charge < -0.3 is 15.5 Å². The molecule has 226 valence electrons. The van der Waals surface area contributed by atoms with Crippen molar-refractivity contribution in [1.29, 1.82) is 0 Å². The van der Waals surface area contributed by atoms with E-state index >= 15 is 0 Å². The first-order valence-corrected chi connectivity index (χ1v) is 14.4. The molecule has 40 heavy (non-hydrogen) atoms. The number of hydroxylamine groups is 2. The maximum Gasteiger partial charge on any atom is 0.354 e. The topological polar surface area (TPSA) is 132 Å². The number of likely N-dealkylation sites (tertiary alicyclic amines) is 1. The van der Waals surface area contributed by atoms with Gasteiger partial charge in [0.05, 0.1) is 24.8 Å². The van der Waals surface area contributed by atoms with E-state index in [2.05, 4.69) is 16.2 Å². The minimum atomic E-state index is -1.20. The van der Waals surface area contributed by atoms with Crippen LogP contribution in [-0.2, 0) is 19.2 Å². The number of allylic oxidation sites excluding steroid dienone is 1. The van der Waals surface area contributed by atoms with Crippen LogP contribution in [0.3, 0.4) is 0 Å². The highest BCUT2D eigenvalue weighted by molar-refractivity contribution is 5.94. The molecule has 0 spiro atoms. The van der Waals surface area contributed by atoms with E-state index in [1.807, 2.05) is 39.6 Å². The molecular weight excluding hydrogens is 512 g/mol. The molecule has 0 unspecified atom stereocenters. The number of nitrogens with zero attached hydrogens (tertiary/aromatic N) is 3. The van der Waals surface area contributed by atoms with Gasteiger partial charge in [0.25, 0.3) is 5.91 Å². The number of nitrogens with one attached hydrogen (secondary N) is 1. The summed E-state index contributed by atoms with van der Waals surface area (Å²) in [5.74, 6) is 0.495. The van der Waals surface area contributed by atoms with Crippen LogP contribution in [0.5, 0.6) is 0 Å². The first kappa shape index (κ1) is 35.3. The minimum Gasteiger partial charge on any atom is -0.477 e. The summed E-state index contributed by atoms with van der Waals surface area (Å²) in [4.78, 5) is 51.0. The Morgan fingerprint density at radius 3 is 2.48 bits per heavy atom. The molecule has 1 rings (SSSR count). The molecule has 5 atom stereocenters. The van der Waals surface area contributed by atoms with Crippen LogP contribution in [0, 0.1) is 24.2 Å². The molecule has 1 aliphatic heterocycles. The van der Waals surface area contributed by atoms with Crippen LogP contribution in [0.4, 0.5) is 0 Å². The lowest BCUT2D eigenvalue weighted by molar-refractivity contribution is -0.211. The van der Waals surface area contributed by atoms with E-state index in [-0.39, 0.29) is 54.1 Å². The third kappa shape index (κ3) is 10.7. The molecule has 1 saturated heterocycles. The number of hydrogen-bond acceptors (Lipinski definition) is 7. The van der Waals surface area contributed by atoms with Crippen LogP contribution in [0.15, 0.2) is 16.8 Å². The highest BCUT2D eigenvalue weighted by Gasteiger charge is 2.38. The predicted molar refractivity (Wildman–Crippen MR) is 156 cm³/mol. The number of amides is 2. The number of hydrogen-bond donors (Lipinski definition) is 3. The number of likely N-dealkylation sites (N-methyl/N-ethyl adjacent to an activating group) is 1. The van der Waals surface area contributed by atoms with Crippen LogP contribution in [0.2, 0.25) is 0 Å². The van der Waals surface area contributed by atoms with Crippen LogP contribution in [-0.4, -0.2) is 88.1 Å². The molecule has 3 N–H and O–H groups in total. The fourth-order valence-corrected chi connectivity index (χ4v) is 4.67. The van der Waals surface area contributed by atoms with E-state index in [1.54, 1.807) is 13.8 Å². The maximum atomic E-state index is 14.2. The number of carbonyl (C=O) groups excluding carboxylic acids is 2. The highest BCUT2D eigenvalue weighted by atomic mass is 16.7. The Morgan fingerprint density at radius 2 is 1.95 bits per heavy atom. The molecule has 0 saturated carbocycles. The number of carboxylic acids is 1. The normalized spacial score (nSPS) is 19.9. The standard InChI is InChI=1S/C30H50N4O6/c1-9-12-15-18-40-34(25(20(4)5)19-26(35)22(7)31-23(11-3)30(38)39)29(37)27(21(6)10-2)32-28(36)24-16-13-14-17-33(24)8/h1,11,20-21,24-27,35H,10,12-19H2,2-8H3,(H,32,36)(H,38,39)/b23-11-,31-22+/t21-,24+,25+,26+,27-/m0/s1. The van der Waals surface area contributed by atoms with Gasteiger partial charge in [-0.3, -0.25) is 19.3 Å². The Hall–Kier alpha value is -2.74. The monoisotopic (exact) mass is 562 g/mol. The first-order chi connectivity index (χ1) is 18.9. The molecule has 10 nitrogen and oxygen atoms in total. The van der Waals surface area contributed by atoms with Crippen molar-refractivity contribution in [3.63, 3.8) is 0 Å². The van der Waals surface area contributed by atoms with Crippen molar-refractivity contribution in [2.45, 2.75) is 111 Å². The second-order valence-electron chi connectivity index (χ2n) is 11.0. The second-order valence-corrected chi connectivity index (χ2v) is 11.0. The van der Waals surface area contributed by atoms with Crippen LogP contribution < -0.4 is 5.32 Å². The quantitative estimate of drug-likeness (QED) is 0.0864. The van der Waals surface area contributed by atoms with E-state index in [9.17, 15) is 24.6 Å². The van der Waals surface area contributed by atoms with Gasteiger partial charge in [-0.2, -0.15) is 0 Å². The van der Waals surface area contributed by atoms with E-state index in [0.717, 1.165) is 25.8 Å². The molecule has 1 heterocycles. The molecule has 0 bridgehead atoms. The lowest BCUT2D eigenvalue weighted by Crippen LogP contribution is -2.59. The summed E-state index contributed by atoms with van der Waals surface area (Å²) < 4.78 is 0. The second kappa shape index (κ2) is 17.8. The summed E-state index contributed by atoms with van der Waals surface area (Å²) in [7, 11) is 1.92. The van der Waals surface area contributed by atoms with Crippen LogP contribution >= 0.6 is 0 Å². The summed E-state index contributed by atoms with van der Waals surface area (Å²) in [5.41, 5.74) is 0.0383. The summed E-state index contributed by atoms with van der Waals surface area (Å²) in [6.07, 6.45) is 10.1. The smallest absolute Gasteiger partial charge is 0.354 e. The molecule has 1 aliphatic rings. The van der Waals surface area contributed by atoms with Gasteiger partial charge >= 0.3 is 5.97 Å². The average Bonchev–Trinajstić information content (AvgIpc) is 2.92. The summed E-state index contributed by atoms with van der Waals surface area (Å²) in [5, 5.41) is 24.6. The van der Waals surface area contributed by atoms with E-state index in [1.165, 1.54) is 11.1 Å². The van der Waals surface area contributed by atoms with E-state index in [0.29, 0.717) is 19.3 Å². The van der Waals surface area contributed by atoms with Gasteiger partial charge in [0.1, 0.15) is 11.7 Å². The van der Waals surface area contributed by atoms with Crippen LogP contribution in [0.25, 0.3) is 0 Å². The summed E-state index contributed by atoms with van der Waals surface area (Å²) >= 11 is 0. The van der Waals surface area contributed by atoms with E-state index in [4.69, 9.17) is 11.3 Å². The van der Waals surface area contributed by atoms with Gasteiger partial charge in [0.2, 0.25) is 5.91 Å². The van der Waals surface area contributed by atoms with Gasteiger partial charge in [0, 0.05) is 18.6 Å². The Labute approximate surface area is 240 Å². The molecule has 1 fully saturated rings. The molecule has 0 aliphatic carbocycles. The molecule has 0 aromatic rings. The van der Waals surface area contributed by atoms with Gasteiger partial charge in [-0.05, 0) is 58.5 Å². The van der Waals surface area contributed by atoms with Crippen molar-refractivity contribution >= 4 is 23.5 Å². The molecule has 0 aromatic heterocycles. The van der Waals surface area contributed by atoms with E-state index < -0.39 is 24.2 Å². The zero-order valence-electron chi connectivity index (χ0n) is 25.4. The number of rotatable bonds is 16. The summed E-state index contributed by atoms with van der Waals surface area (Å²) in [6, 6.07) is -1.71. The Balaban J connectivity index is 3.33. The molecule has 0 aromatic carbocycles. The zero-order chi connectivity index (χ0) is 30.4. The maximum absolute atomic E-state index is 14.2. The van der Waals surface area contributed by atoms with Crippen molar-refractivity contribution in [1.82, 2.24) is 15.3 Å². The van der Waals surface area contributed by atoms with Crippen LogP contribution in [0.1, 0.15) is 86.5 Å². The minimum absolute atomic E-state index is 0.0665. The predicted octanol–water partition coefficient (Wildman–Crippen LogP) is 3.40. The number of carboxylic acid groups (broad SMARTS) is 1. The van der Waals surface area contributed by atoms with Crippen molar-refractivity contribution in [2.75, 3.05) is 20.2 Å². The summed E-state index contributed by atoms with van der Waals surface area (Å²) in [6.45, 7) is 11.8. The SMILES string of the molecule is C#CCCCON(C(=O)[C@@H](NC(=O)[C@H]1CCCCN1C)[C@@H](C)CC)[C@H](C[C@@H](O)/C(C)=N/C(=C\C)C(=O)O)C(C)C. The molecule has 2 amide bonds. The number of aliphatic hydroxyl groups excluding tert-OH is 1. The van der Waals surface area contributed by atoms with Crippen molar-refractivity contribution < 1.29 is 29.4 Å². The number of terminal acetylenes is 1. The lowest BCUT2D eigenvalue weighted by Gasteiger charge is -2.39. The Bertz CT molecular complexity index is 941. The van der Waals surface area contributed by atoms with Gasteiger partial charge in [0.15, 0.2) is 0 Å². The fourth-order valence-electron chi connectivity index (χ4n) is 4.67. The third-order valence-corrected chi connectivity index (χ3v) is 7.57. The van der Waals surface area contributed by atoms with Crippen molar-refractivity contribution in [2.24, 2.45) is 16.8 Å². The van der Waals surface area contributed by atoms with Crippen molar-refractivity contribution in [3.05, 3.63) is 11.8 Å². The molecular formula is C30H50N4O6.